The molecule has 0 aliphatic carbocycles. The summed E-state index contributed by atoms with van der Waals surface area (Å²) in [7, 11) is 0. The molecular formula is C14H15BrN2O. The summed E-state index contributed by atoms with van der Waals surface area (Å²) in [5.74, 6) is 1.28. The van der Waals surface area contributed by atoms with Gasteiger partial charge in [-0.05, 0) is 59.5 Å². The number of ether oxygens (including phenoxy) is 1. The van der Waals surface area contributed by atoms with Gasteiger partial charge in [0, 0.05) is 18.0 Å². The summed E-state index contributed by atoms with van der Waals surface area (Å²) in [6.07, 6.45) is 1.77. The van der Waals surface area contributed by atoms with Gasteiger partial charge in [-0.2, -0.15) is 0 Å². The molecule has 0 saturated heterocycles. The smallest absolute Gasteiger partial charge is 0.233 e. The molecule has 0 amide bonds. The molecule has 0 bridgehead atoms. The van der Waals surface area contributed by atoms with Crippen LogP contribution < -0.4 is 10.5 Å². The molecule has 0 fully saturated rings. The zero-order chi connectivity index (χ0) is 13.3. The fourth-order valence-corrected chi connectivity index (χ4v) is 2.20. The van der Waals surface area contributed by atoms with Crippen LogP contribution in [0.3, 0.4) is 0 Å². The van der Waals surface area contributed by atoms with Gasteiger partial charge in [0.25, 0.3) is 0 Å². The molecule has 0 atom stereocenters. The van der Waals surface area contributed by atoms with Crippen molar-refractivity contribution in [1.82, 2.24) is 4.98 Å². The molecule has 0 unspecified atom stereocenters. The van der Waals surface area contributed by atoms with E-state index < -0.39 is 0 Å². The van der Waals surface area contributed by atoms with Crippen LogP contribution in [0.25, 0.3) is 0 Å². The molecule has 1 aromatic carbocycles. The molecule has 3 nitrogen and oxygen atoms in total. The standard InChI is InChI=1S/C14H15BrN2O/c1-8-4-11(15)14(17-7-8)18-13-6-12(16)9(2)5-10(13)3/h4-7H,16H2,1-3H3. The fraction of sp³-hybridized carbons (Fsp3) is 0.214. The maximum atomic E-state index is 5.89. The Bertz CT molecular complexity index is 597. The molecule has 94 valence electrons. The Kier molecular flexibility index (Phi) is 3.57. The van der Waals surface area contributed by atoms with Crippen LogP contribution in [-0.2, 0) is 0 Å². The van der Waals surface area contributed by atoms with Crippen molar-refractivity contribution in [2.24, 2.45) is 0 Å². The van der Waals surface area contributed by atoms with Gasteiger partial charge in [0.05, 0.1) is 4.47 Å². The molecule has 18 heavy (non-hydrogen) atoms. The molecule has 4 heteroatoms. The van der Waals surface area contributed by atoms with Gasteiger partial charge in [-0.1, -0.05) is 6.07 Å². The normalized spacial score (nSPS) is 10.4. The van der Waals surface area contributed by atoms with Gasteiger partial charge in [0.1, 0.15) is 5.75 Å². The molecule has 2 aromatic rings. The lowest BCUT2D eigenvalue weighted by Gasteiger charge is -2.11. The lowest BCUT2D eigenvalue weighted by molar-refractivity contribution is 0.456. The van der Waals surface area contributed by atoms with Crippen LogP contribution in [0, 0.1) is 20.8 Å². The number of benzene rings is 1. The van der Waals surface area contributed by atoms with Crippen LogP contribution in [0.4, 0.5) is 5.69 Å². The Balaban J connectivity index is 2.37. The van der Waals surface area contributed by atoms with Gasteiger partial charge >= 0.3 is 0 Å². The Labute approximate surface area is 115 Å². The number of aryl methyl sites for hydroxylation is 3. The molecule has 0 aliphatic rings. The van der Waals surface area contributed by atoms with Crippen molar-refractivity contribution >= 4 is 21.6 Å². The van der Waals surface area contributed by atoms with Crippen molar-refractivity contribution in [2.45, 2.75) is 20.8 Å². The zero-order valence-corrected chi connectivity index (χ0v) is 12.2. The number of nitrogens with zero attached hydrogens (tertiary/aromatic N) is 1. The van der Waals surface area contributed by atoms with E-state index in [0.29, 0.717) is 5.88 Å². The SMILES string of the molecule is Cc1cnc(Oc2cc(N)c(C)cc2C)c(Br)c1. The van der Waals surface area contributed by atoms with Gasteiger partial charge in [0.15, 0.2) is 0 Å². The van der Waals surface area contributed by atoms with E-state index in [-0.39, 0.29) is 0 Å². The average molecular weight is 307 g/mol. The molecule has 2 N–H and O–H groups in total. The van der Waals surface area contributed by atoms with Gasteiger partial charge in [-0.15, -0.1) is 0 Å². The zero-order valence-electron chi connectivity index (χ0n) is 10.6. The number of pyridine rings is 1. The summed E-state index contributed by atoms with van der Waals surface area (Å²) in [6, 6.07) is 5.81. The van der Waals surface area contributed by atoms with E-state index in [4.69, 9.17) is 10.5 Å². The predicted molar refractivity (Wildman–Crippen MR) is 77.1 cm³/mol. The minimum absolute atomic E-state index is 0.548. The van der Waals surface area contributed by atoms with Crippen molar-refractivity contribution in [2.75, 3.05) is 5.73 Å². The van der Waals surface area contributed by atoms with Gasteiger partial charge in [-0.25, -0.2) is 4.98 Å². The first-order valence-corrected chi connectivity index (χ1v) is 6.43. The lowest BCUT2D eigenvalue weighted by atomic mass is 10.1. The first-order valence-electron chi connectivity index (χ1n) is 5.64. The second-order valence-corrected chi connectivity index (χ2v) is 5.23. The van der Waals surface area contributed by atoms with E-state index in [1.54, 1.807) is 6.20 Å². The molecule has 0 spiro atoms. The lowest BCUT2D eigenvalue weighted by Crippen LogP contribution is -1.96. The van der Waals surface area contributed by atoms with Crippen molar-refractivity contribution in [3.8, 4) is 11.6 Å². The van der Waals surface area contributed by atoms with E-state index in [2.05, 4.69) is 20.9 Å². The highest BCUT2D eigenvalue weighted by Gasteiger charge is 2.08. The highest BCUT2D eigenvalue weighted by Crippen LogP contribution is 2.32. The first-order chi connectivity index (χ1) is 8.47. The third-order valence-electron chi connectivity index (χ3n) is 2.71. The minimum Gasteiger partial charge on any atom is -0.438 e. The summed E-state index contributed by atoms with van der Waals surface area (Å²) in [5.41, 5.74) is 9.78. The van der Waals surface area contributed by atoms with Gasteiger partial charge in [-0.3, -0.25) is 0 Å². The number of nitrogen functional groups attached to an aromatic ring is 1. The number of anilines is 1. The van der Waals surface area contributed by atoms with Crippen molar-refractivity contribution in [1.29, 1.82) is 0 Å². The topological polar surface area (TPSA) is 48.1 Å². The number of halogens is 1. The highest BCUT2D eigenvalue weighted by atomic mass is 79.9. The Hall–Kier alpha value is -1.55. The number of nitrogens with two attached hydrogens (primary N) is 1. The molecule has 1 aromatic heterocycles. The largest absolute Gasteiger partial charge is 0.438 e. The number of rotatable bonds is 2. The molecule has 0 radical (unpaired) electrons. The second kappa shape index (κ2) is 4.98. The van der Waals surface area contributed by atoms with Crippen LogP contribution >= 0.6 is 15.9 Å². The van der Waals surface area contributed by atoms with Crippen LogP contribution in [0.15, 0.2) is 28.9 Å². The molecule has 2 rings (SSSR count). The minimum atomic E-state index is 0.548. The maximum Gasteiger partial charge on any atom is 0.233 e. The molecule has 0 saturated carbocycles. The van der Waals surface area contributed by atoms with E-state index in [1.165, 1.54) is 0 Å². The van der Waals surface area contributed by atoms with Gasteiger partial charge < -0.3 is 10.5 Å². The van der Waals surface area contributed by atoms with Crippen molar-refractivity contribution < 1.29 is 4.74 Å². The Morgan fingerprint density at radius 1 is 1.11 bits per heavy atom. The average Bonchev–Trinajstić information content (AvgIpc) is 2.29. The van der Waals surface area contributed by atoms with Crippen molar-refractivity contribution in [3.63, 3.8) is 0 Å². The van der Waals surface area contributed by atoms with Crippen LogP contribution in [0.5, 0.6) is 11.6 Å². The van der Waals surface area contributed by atoms with Gasteiger partial charge in [0.2, 0.25) is 5.88 Å². The Morgan fingerprint density at radius 3 is 2.50 bits per heavy atom. The monoisotopic (exact) mass is 306 g/mol. The summed E-state index contributed by atoms with van der Waals surface area (Å²) in [6.45, 7) is 5.95. The van der Waals surface area contributed by atoms with Crippen LogP contribution in [0.1, 0.15) is 16.7 Å². The Morgan fingerprint density at radius 2 is 1.83 bits per heavy atom. The quantitative estimate of drug-likeness (QED) is 0.848. The molecular weight excluding hydrogens is 292 g/mol. The third-order valence-corrected chi connectivity index (χ3v) is 3.28. The second-order valence-electron chi connectivity index (χ2n) is 4.38. The fourth-order valence-electron chi connectivity index (χ4n) is 1.66. The van der Waals surface area contributed by atoms with E-state index in [0.717, 1.165) is 32.6 Å². The first kappa shape index (κ1) is 12.9. The summed E-state index contributed by atoms with van der Waals surface area (Å²) in [5, 5.41) is 0. The number of hydrogen-bond acceptors (Lipinski definition) is 3. The van der Waals surface area contributed by atoms with E-state index >= 15 is 0 Å². The maximum absolute atomic E-state index is 5.89. The van der Waals surface area contributed by atoms with Crippen molar-refractivity contribution in [3.05, 3.63) is 45.6 Å². The summed E-state index contributed by atoms with van der Waals surface area (Å²) in [4.78, 5) is 4.26. The number of hydrogen-bond donors (Lipinski definition) is 1. The number of aromatic nitrogens is 1. The van der Waals surface area contributed by atoms with Crippen LogP contribution in [-0.4, -0.2) is 4.98 Å². The van der Waals surface area contributed by atoms with Crippen LogP contribution in [0.2, 0.25) is 0 Å². The third kappa shape index (κ3) is 2.64. The molecule has 0 aliphatic heterocycles. The summed E-state index contributed by atoms with van der Waals surface area (Å²) >= 11 is 3.44. The molecule has 1 heterocycles. The van der Waals surface area contributed by atoms with E-state index in [9.17, 15) is 0 Å². The highest BCUT2D eigenvalue weighted by molar-refractivity contribution is 9.10. The van der Waals surface area contributed by atoms with E-state index in [1.807, 2.05) is 39.0 Å². The predicted octanol–water partition coefficient (Wildman–Crippen LogP) is 4.14. The summed E-state index contributed by atoms with van der Waals surface area (Å²) < 4.78 is 6.63.